The van der Waals surface area contributed by atoms with Crippen molar-refractivity contribution in [3.8, 4) is 11.5 Å². The van der Waals surface area contributed by atoms with E-state index in [0.717, 1.165) is 24.2 Å². The molecule has 0 radical (unpaired) electrons. The lowest BCUT2D eigenvalue weighted by Crippen LogP contribution is -2.27. The Hall–Kier alpha value is -1.26. The van der Waals surface area contributed by atoms with Crippen molar-refractivity contribution in [3.63, 3.8) is 0 Å². The average Bonchev–Trinajstić information content (AvgIpc) is 2.35. The smallest absolute Gasteiger partial charge is 0.160 e. The maximum absolute atomic E-state index is 8.91. The number of benzene rings is 1. The number of hydrogen-bond donors (Lipinski definition) is 2. The lowest BCUT2D eigenvalue weighted by molar-refractivity contribution is 0.123. The second kappa shape index (κ2) is 6.35. The molecule has 0 aliphatic carbocycles. The van der Waals surface area contributed by atoms with E-state index >= 15 is 0 Å². The molecule has 1 unspecified atom stereocenters. The summed E-state index contributed by atoms with van der Waals surface area (Å²) in [6, 6.07) is 5.84. The lowest BCUT2D eigenvalue weighted by atomic mass is 10.0. The molecule has 0 saturated heterocycles. The number of hydroxylamine groups is 1. The van der Waals surface area contributed by atoms with Gasteiger partial charge in [0.15, 0.2) is 11.5 Å². The van der Waals surface area contributed by atoms with Gasteiger partial charge in [-0.1, -0.05) is 13.0 Å². The van der Waals surface area contributed by atoms with Crippen LogP contribution < -0.4 is 15.0 Å². The van der Waals surface area contributed by atoms with E-state index in [1.165, 1.54) is 0 Å². The molecule has 90 valence electrons. The SMILES string of the molecule is CCC(Cc1ccc(OC)c(OC)c1)NO. The number of rotatable bonds is 6. The van der Waals surface area contributed by atoms with Gasteiger partial charge in [-0.15, -0.1) is 0 Å². The first kappa shape index (κ1) is 12.8. The molecule has 2 N–H and O–H groups in total. The third-order valence-corrected chi connectivity index (χ3v) is 2.61. The molecule has 0 aliphatic rings. The van der Waals surface area contributed by atoms with Crippen molar-refractivity contribution in [2.75, 3.05) is 14.2 Å². The highest BCUT2D eigenvalue weighted by atomic mass is 16.5. The molecule has 1 aromatic rings. The van der Waals surface area contributed by atoms with Gasteiger partial charge in [0.2, 0.25) is 0 Å². The summed E-state index contributed by atoms with van der Waals surface area (Å²) in [5.74, 6) is 1.43. The van der Waals surface area contributed by atoms with E-state index in [1.807, 2.05) is 25.1 Å². The molecule has 4 nitrogen and oxygen atoms in total. The summed E-state index contributed by atoms with van der Waals surface area (Å²) >= 11 is 0. The first-order valence-corrected chi connectivity index (χ1v) is 5.35. The zero-order valence-corrected chi connectivity index (χ0v) is 9.99. The molecular formula is C12H19NO3. The van der Waals surface area contributed by atoms with E-state index in [9.17, 15) is 0 Å². The minimum absolute atomic E-state index is 0.0677. The van der Waals surface area contributed by atoms with E-state index in [1.54, 1.807) is 14.2 Å². The van der Waals surface area contributed by atoms with E-state index in [0.29, 0.717) is 5.75 Å². The molecule has 1 rings (SSSR count). The molecule has 0 aliphatic heterocycles. The quantitative estimate of drug-likeness (QED) is 0.727. The number of methoxy groups -OCH3 is 2. The number of hydrogen-bond acceptors (Lipinski definition) is 4. The van der Waals surface area contributed by atoms with E-state index in [2.05, 4.69) is 5.48 Å². The highest BCUT2D eigenvalue weighted by Crippen LogP contribution is 2.28. The van der Waals surface area contributed by atoms with Gasteiger partial charge < -0.3 is 14.7 Å². The molecule has 0 fully saturated rings. The summed E-state index contributed by atoms with van der Waals surface area (Å²) in [7, 11) is 3.23. The first-order valence-electron chi connectivity index (χ1n) is 5.35. The molecule has 4 heteroatoms. The normalized spacial score (nSPS) is 12.2. The maximum atomic E-state index is 8.91. The van der Waals surface area contributed by atoms with Crippen LogP contribution in [0.1, 0.15) is 18.9 Å². The van der Waals surface area contributed by atoms with Gasteiger partial charge in [0.25, 0.3) is 0 Å². The van der Waals surface area contributed by atoms with Crippen LogP contribution in [0.15, 0.2) is 18.2 Å². The number of ether oxygens (including phenoxy) is 2. The predicted molar refractivity (Wildman–Crippen MR) is 62.3 cm³/mol. The van der Waals surface area contributed by atoms with Gasteiger partial charge in [-0.3, -0.25) is 0 Å². The van der Waals surface area contributed by atoms with Crippen LogP contribution in [-0.4, -0.2) is 25.5 Å². The summed E-state index contributed by atoms with van der Waals surface area (Å²) < 4.78 is 10.4. The Morgan fingerprint density at radius 2 is 1.94 bits per heavy atom. The molecule has 0 bridgehead atoms. The second-order valence-corrected chi connectivity index (χ2v) is 3.63. The lowest BCUT2D eigenvalue weighted by Gasteiger charge is -2.14. The van der Waals surface area contributed by atoms with Crippen molar-refractivity contribution in [2.24, 2.45) is 0 Å². The Morgan fingerprint density at radius 1 is 1.25 bits per heavy atom. The Bertz CT molecular complexity index is 324. The molecule has 0 saturated carbocycles. The second-order valence-electron chi connectivity index (χ2n) is 3.63. The Morgan fingerprint density at radius 3 is 2.44 bits per heavy atom. The zero-order valence-electron chi connectivity index (χ0n) is 9.99. The standard InChI is InChI=1S/C12H19NO3/c1-4-10(13-14)7-9-5-6-11(15-2)12(8-9)16-3/h5-6,8,10,13-14H,4,7H2,1-3H3. The van der Waals surface area contributed by atoms with Crippen LogP contribution in [0.2, 0.25) is 0 Å². The fourth-order valence-electron chi connectivity index (χ4n) is 1.57. The van der Waals surface area contributed by atoms with E-state index in [-0.39, 0.29) is 6.04 Å². The van der Waals surface area contributed by atoms with Crippen LogP contribution in [0.4, 0.5) is 0 Å². The van der Waals surface area contributed by atoms with Gasteiger partial charge >= 0.3 is 0 Å². The molecule has 0 spiro atoms. The molecule has 16 heavy (non-hydrogen) atoms. The summed E-state index contributed by atoms with van der Waals surface area (Å²) in [4.78, 5) is 0. The van der Waals surface area contributed by atoms with Crippen LogP contribution in [0.3, 0.4) is 0 Å². The van der Waals surface area contributed by atoms with Gasteiger partial charge in [-0.05, 0) is 30.5 Å². The summed E-state index contributed by atoms with van der Waals surface area (Å²) in [5, 5.41) is 8.91. The van der Waals surface area contributed by atoms with Crippen LogP contribution in [0.25, 0.3) is 0 Å². The predicted octanol–water partition coefficient (Wildman–Crippen LogP) is 2.00. The topological polar surface area (TPSA) is 50.7 Å². The van der Waals surface area contributed by atoms with Crippen molar-refractivity contribution in [3.05, 3.63) is 23.8 Å². The minimum Gasteiger partial charge on any atom is -0.493 e. The van der Waals surface area contributed by atoms with Crippen LogP contribution in [0.5, 0.6) is 11.5 Å². The zero-order chi connectivity index (χ0) is 12.0. The van der Waals surface area contributed by atoms with E-state index < -0.39 is 0 Å². The van der Waals surface area contributed by atoms with Gasteiger partial charge in [0, 0.05) is 6.04 Å². The van der Waals surface area contributed by atoms with Gasteiger partial charge in [0.05, 0.1) is 14.2 Å². The third kappa shape index (κ3) is 3.12. The Labute approximate surface area is 96.1 Å². The van der Waals surface area contributed by atoms with Crippen LogP contribution in [0, 0.1) is 0 Å². The third-order valence-electron chi connectivity index (χ3n) is 2.61. The first-order chi connectivity index (χ1) is 7.74. The molecule has 0 heterocycles. The summed E-state index contributed by atoms with van der Waals surface area (Å²) in [5.41, 5.74) is 3.40. The van der Waals surface area contributed by atoms with Gasteiger partial charge in [0.1, 0.15) is 0 Å². The Balaban J connectivity index is 2.82. The van der Waals surface area contributed by atoms with Crippen molar-refractivity contribution < 1.29 is 14.7 Å². The van der Waals surface area contributed by atoms with Crippen molar-refractivity contribution >= 4 is 0 Å². The molecule has 0 aromatic heterocycles. The average molecular weight is 225 g/mol. The highest BCUT2D eigenvalue weighted by molar-refractivity contribution is 5.43. The van der Waals surface area contributed by atoms with Crippen molar-refractivity contribution in [1.82, 2.24) is 5.48 Å². The van der Waals surface area contributed by atoms with Crippen LogP contribution in [-0.2, 0) is 6.42 Å². The van der Waals surface area contributed by atoms with Crippen molar-refractivity contribution in [2.45, 2.75) is 25.8 Å². The molecule has 1 atom stereocenters. The number of nitrogens with one attached hydrogen (secondary N) is 1. The molecule has 0 amide bonds. The largest absolute Gasteiger partial charge is 0.493 e. The van der Waals surface area contributed by atoms with Crippen molar-refractivity contribution in [1.29, 1.82) is 0 Å². The Kier molecular flexibility index (Phi) is 5.08. The minimum atomic E-state index is 0.0677. The van der Waals surface area contributed by atoms with E-state index in [4.69, 9.17) is 14.7 Å². The molecular weight excluding hydrogens is 206 g/mol. The maximum Gasteiger partial charge on any atom is 0.160 e. The highest BCUT2D eigenvalue weighted by Gasteiger charge is 2.09. The summed E-state index contributed by atoms with van der Waals surface area (Å²) in [6.45, 7) is 2.02. The summed E-state index contributed by atoms with van der Waals surface area (Å²) in [6.07, 6.45) is 1.62. The van der Waals surface area contributed by atoms with Crippen LogP contribution >= 0.6 is 0 Å². The fourth-order valence-corrected chi connectivity index (χ4v) is 1.57. The van der Waals surface area contributed by atoms with Gasteiger partial charge in [-0.25, -0.2) is 5.48 Å². The molecule has 1 aromatic carbocycles. The fraction of sp³-hybridized carbons (Fsp3) is 0.500. The monoisotopic (exact) mass is 225 g/mol. The van der Waals surface area contributed by atoms with Gasteiger partial charge in [-0.2, -0.15) is 0 Å².